The summed E-state index contributed by atoms with van der Waals surface area (Å²) >= 11 is 1.19. The third-order valence-corrected chi connectivity index (χ3v) is 3.09. The molecule has 0 bridgehead atoms. The number of fused-ring (bicyclic) bond motifs is 1. The second kappa shape index (κ2) is 4.10. The fourth-order valence-electron chi connectivity index (χ4n) is 1.72. The van der Waals surface area contributed by atoms with Crippen molar-refractivity contribution in [1.82, 2.24) is 13.7 Å². The summed E-state index contributed by atoms with van der Waals surface area (Å²) in [5.41, 5.74) is 2.63. The normalized spacial score (nSPS) is 10.6. The Hall–Kier alpha value is -2.01. The summed E-state index contributed by atoms with van der Waals surface area (Å²) in [4.78, 5) is 4.59. The first-order chi connectivity index (χ1) is 8.38. The van der Waals surface area contributed by atoms with Crippen LogP contribution in [0.3, 0.4) is 0 Å². The summed E-state index contributed by atoms with van der Waals surface area (Å²) < 4.78 is 8.44. The second-order valence-corrected chi connectivity index (χ2v) is 4.13. The van der Waals surface area contributed by atoms with Crippen LogP contribution in [0.5, 0.6) is 0 Å². The van der Waals surface area contributed by atoms with Crippen LogP contribution >= 0.6 is 11.7 Å². The van der Waals surface area contributed by atoms with Crippen LogP contribution in [-0.2, 0) is 0 Å². The van der Waals surface area contributed by atoms with Gasteiger partial charge in [-0.2, -0.15) is 8.75 Å². The summed E-state index contributed by atoms with van der Waals surface area (Å²) in [5.74, 6) is 0.776. The number of anilines is 1. The third-order valence-electron chi connectivity index (χ3n) is 2.57. The van der Waals surface area contributed by atoms with Gasteiger partial charge in [-0.25, -0.2) is 4.98 Å². The molecule has 1 aromatic carbocycles. The van der Waals surface area contributed by atoms with Crippen molar-refractivity contribution in [2.75, 3.05) is 12.4 Å². The van der Waals surface area contributed by atoms with Gasteiger partial charge in [-0.3, -0.25) is 0 Å². The van der Waals surface area contributed by atoms with Gasteiger partial charge in [-0.15, -0.1) is 0 Å². The van der Waals surface area contributed by atoms with E-state index in [1.807, 2.05) is 37.4 Å². The van der Waals surface area contributed by atoms with Gasteiger partial charge in [0.15, 0.2) is 5.82 Å². The molecule has 2 aromatic heterocycles. The Bertz CT molecular complexity index is 662. The van der Waals surface area contributed by atoms with E-state index in [4.69, 9.17) is 0 Å². The zero-order chi connectivity index (χ0) is 11.7. The van der Waals surface area contributed by atoms with Gasteiger partial charge in [0.1, 0.15) is 5.69 Å². The predicted molar refractivity (Wildman–Crippen MR) is 70.2 cm³/mol. The van der Waals surface area contributed by atoms with Crippen LogP contribution < -0.4 is 5.32 Å². The molecule has 2 heterocycles. The molecular weight excluding hydrogens is 232 g/mol. The molecule has 0 spiro atoms. The Labute approximate surface area is 103 Å². The number of benzene rings is 1. The maximum atomic E-state index is 4.59. The minimum Gasteiger partial charge on any atom is -0.370 e. The van der Waals surface area contributed by atoms with E-state index in [1.165, 1.54) is 11.7 Å². The molecule has 84 valence electrons. The maximum absolute atomic E-state index is 4.59. The first-order valence-electron chi connectivity index (χ1n) is 5.25. The molecule has 0 unspecified atom stereocenters. The van der Waals surface area contributed by atoms with E-state index < -0.39 is 0 Å². The van der Waals surface area contributed by atoms with Gasteiger partial charge in [0.05, 0.1) is 22.9 Å². The molecule has 0 aliphatic rings. The van der Waals surface area contributed by atoms with Crippen molar-refractivity contribution in [2.45, 2.75) is 0 Å². The number of para-hydroxylation sites is 1. The lowest BCUT2D eigenvalue weighted by atomic mass is 10.2. The summed E-state index contributed by atoms with van der Waals surface area (Å²) in [6, 6.07) is 12.1. The number of nitrogens with one attached hydrogen (secondary N) is 1. The topological polar surface area (TPSA) is 50.7 Å². The largest absolute Gasteiger partial charge is 0.370 e. The Morgan fingerprint density at radius 3 is 2.82 bits per heavy atom. The number of nitrogens with zero attached hydrogens (tertiary/aromatic N) is 3. The fraction of sp³-hybridized carbons (Fsp3) is 0.0833. The SMILES string of the molecule is CNc1nsnc1-c1ccc2ccccc2n1. The minimum atomic E-state index is 0.776. The number of hydrogen-bond acceptors (Lipinski definition) is 5. The lowest BCUT2D eigenvalue weighted by Gasteiger charge is -2.01. The second-order valence-electron chi connectivity index (χ2n) is 3.60. The highest BCUT2D eigenvalue weighted by Gasteiger charge is 2.10. The molecule has 0 aliphatic heterocycles. The third kappa shape index (κ3) is 1.74. The number of aromatic nitrogens is 3. The van der Waals surface area contributed by atoms with Gasteiger partial charge in [-0.1, -0.05) is 24.3 Å². The highest BCUT2D eigenvalue weighted by Crippen LogP contribution is 2.25. The number of hydrogen-bond donors (Lipinski definition) is 1. The summed E-state index contributed by atoms with van der Waals surface area (Å²) in [6.45, 7) is 0. The van der Waals surface area contributed by atoms with E-state index in [0.29, 0.717) is 0 Å². The smallest absolute Gasteiger partial charge is 0.169 e. The lowest BCUT2D eigenvalue weighted by molar-refractivity contribution is 1.34. The van der Waals surface area contributed by atoms with E-state index in [2.05, 4.69) is 25.1 Å². The van der Waals surface area contributed by atoms with Crippen molar-refractivity contribution >= 4 is 28.4 Å². The average Bonchev–Trinajstić information content (AvgIpc) is 2.86. The van der Waals surface area contributed by atoms with Gasteiger partial charge in [0.25, 0.3) is 0 Å². The van der Waals surface area contributed by atoms with E-state index in [1.54, 1.807) is 0 Å². The molecule has 4 nitrogen and oxygen atoms in total. The minimum absolute atomic E-state index is 0.776. The Morgan fingerprint density at radius 2 is 1.94 bits per heavy atom. The summed E-state index contributed by atoms with van der Waals surface area (Å²) in [6.07, 6.45) is 0. The molecule has 0 saturated carbocycles. The average molecular weight is 242 g/mol. The Morgan fingerprint density at radius 1 is 1.06 bits per heavy atom. The molecule has 5 heteroatoms. The highest BCUT2D eigenvalue weighted by atomic mass is 32.1. The first-order valence-corrected chi connectivity index (χ1v) is 5.98. The molecule has 1 N–H and O–H groups in total. The van der Waals surface area contributed by atoms with Gasteiger partial charge in [-0.05, 0) is 12.1 Å². The molecule has 3 aromatic rings. The molecule has 0 saturated heterocycles. The van der Waals surface area contributed by atoms with Crippen molar-refractivity contribution < 1.29 is 0 Å². The van der Waals surface area contributed by atoms with E-state index in [9.17, 15) is 0 Å². The van der Waals surface area contributed by atoms with Crippen molar-refractivity contribution in [1.29, 1.82) is 0 Å². The quantitative estimate of drug-likeness (QED) is 0.750. The summed E-state index contributed by atoms with van der Waals surface area (Å²) in [5, 5.41) is 4.15. The van der Waals surface area contributed by atoms with Crippen molar-refractivity contribution in [2.24, 2.45) is 0 Å². The van der Waals surface area contributed by atoms with E-state index >= 15 is 0 Å². The zero-order valence-corrected chi connectivity index (χ0v) is 10.0. The van der Waals surface area contributed by atoms with Crippen LogP contribution in [0.15, 0.2) is 36.4 Å². The van der Waals surface area contributed by atoms with Gasteiger partial charge in [0.2, 0.25) is 0 Å². The fourth-order valence-corrected chi connectivity index (χ4v) is 2.28. The van der Waals surface area contributed by atoms with Crippen LogP contribution in [-0.4, -0.2) is 20.8 Å². The van der Waals surface area contributed by atoms with E-state index in [0.717, 1.165) is 28.1 Å². The molecule has 3 rings (SSSR count). The Kier molecular flexibility index (Phi) is 2.45. The molecule has 17 heavy (non-hydrogen) atoms. The van der Waals surface area contributed by atoms with Gasteiger partial charge in [0, 0.05) is 12.4 Å². The number of pyridine rings is 1. The molecular formula is C12H10N4S. The maximum Gasteiger partial charge on any atom is 0.169 e. The predicted octanol–water partition coefficient (Wildman–Crippen LogP) is 2.80. The van der Waals surface area contributed by atoms with Gasteiger partial charge < -0.3 is 5.32 Å². The van der Waals surface area contributed by atoms with Crippen molar-refractivity contribution in [3.05, 3.63) is 36.4 Å². The number of rotatable bonds is 2. The van der Waals surface area contributed by atoms with E-state index in [-0.39, 0.29) is 0 Å². The van der Waals surface area contributed by atoms with Crippen LogP contribution in [0.25, 0.3) is 22.3 Å². The first kappa shape index (κ1) is 10.2. The highest BCUT2D eigenvalue weighted by molar-refractivity contribution is 6.99. The van der Waals surface area contributed by atoms with Crippen molar-refractivity contribution in [3.8, 4) is 11.4 Å². The van der Waals surface area contributed by atoms with Crippen LogP contribution in [0.2, 0.25) is 0 Å². The van der Waals surface area contributed by atoms with Crippen molar-refractivity contribution in [3.63, 3.8) is 0 Å². The Balaban J connectivity index is 2.18. The van der Waals surface area contributed by atoms with Gasteiger partial charge >= 0.3 is 0 Å². The standard InChI is InChI=1S/C12H10N4S/c1-13-12-11(15-17-16-12)10-7-6-8-4-2-3-5-9(8)14-10/h2-7H,1H3,(H,13,16). The monoisotopic (exact) mass is 242 g/mol. The van der Waals surface area contributed by atoms with Crippen LogP contribution in [0.1, 0.15) is 0 Å². The zero-order valence-electron chi connectivity index (χ0n) is 9.21. The molecule has 0 amide bonds. The van der Waals surface area contributed by atoms with Crippen LogP contribution in [0.4, 0.5) is 5.82 Å². The van der Waals surface area contributed by atoms with Crippen LogP contribution in [0, 0.1) is 0 Å². The molecule has 0 radical (unpaired) electrons. The molecule has 0 fully saturated rings. The lowest BCUT2D eigenvalue weighted by Crippen LogP contribution is -1.92. The molecule has 0 aliphatic carbocycles. The molecule has 0 atom stereocenters. The summed E-state index contributed by atoms with van der Waals surface area (Å²) in [7, 11) is 1.83.